The van der Waals surface area contributed by atoms with Gasteiger partial charge >= 0.3 is 0 Å². The summed E-state index contributed by atoms with van der Waals surface area (Å²) in [6.45, 7) is 6.08. The van der Waals surface area contributed by atoms with E-state index in [0.29, 0.717) is 23.1 Å². The Morgan fingerprint density at radius 1 is 1.21 bits per heavy atom. The van der Waals surface area contributed by atoms with Gasteiger partial charge in [-0.15, -0.1) is 0 Å². The van der Waals surface area contributed by atoms with E-state index >= 15 is 0 Å². The molecule has 2 N–H and O–H groups in total. The molecule has 0 heterocycles. The van der Waals surface area contributed by atoms with Crippen LogP contribution < -0.4 is 10.5 Å². The highest BCUT2D eigenvalue weighted by Crippen LogP contribution is 2.32. The minimum Gasteiger partial charge on any atom is -0.490 e. The van der Waals surface area contributed by atoms with Gasteiger partial charge in [0.1, 0.15) is 5.75 Å². The molecule has 0 radical (unpaired) electrons. The van der Waals surface area contributed by atoms with Gasteiger partial charge in [0.15, 0.2) is 5.78 Å². The van der Waals surface area contributed by atoms with Crippen molar-refractivity contribution < 1.29 is 9.53 Å². The second kappa shape index (κ2) is 5.64. The van der Waals surface area contributed by atoms with Crippen molar-refractivity contribution in [1.29, 1.82) is 0 Å². The number of ether oxygens (including phenoxy) is 1. The number of hydrogen-bond donors (Lipinski definition) is 1. The summed E-state index contributed by atoms with van der Waals surface area (Å²) in [6, 6.07) is 5.37. The Hall–Kier alpha value is -1.51. The molecule has 0 aromatic heterocycles. The van der Waals surface area contributed by atoms with Gasteiger partial charge in [-0.05, 0) is 56.2 Å². The lowest BCUT2D eigenvalue weighted by Crippen LogP contribution is -2.28. The van der Waals surface area contributed by atoms with Crippen LogP contribution in [0, 0.1) is 11.8 Å². The molecule has 3 nitrogen and oxygen atoms in total. The molecule has 1 saturated carbocycles. The molecule has 3 heteroatoms. The van der Waals surface area contributed by atoms with Crippen LogP contribution in [-0.4, -0.2) is 11.9 Å². The Bertz CT molecular complexity index is 460. The molecule has 19 heavy (non-hydrogen) atoms. The van der Waals surface area contributed by atoms with Crippen LogP contribution in [0.15, 0.2) is 18.2 Å². The Morgan fingerprint density at radius 2 is 1.84 bits per heavy atom. The maximum absolute atomic E-state index is 11.5. The smallest absolute Gasteiger partial charge is 0.162 e. The van der Waals surface area contributed by atoms with E-state index in [1.165, 1.54) is 13.3 Å². The summed E-state index contributed by atoms with van der Waals surface area (Å²) in [7, 11) is 0. The van der Waals surface area contributed by atoms with Crippen molar-refractivity contribution in [3.05, 3.63) is 23.8 Å². The number of carbonyl (C=O) groups excluding carboxylic acids is 1. The highest BCUT2D eigenvalue weighted by atomic mass is 16.5. The minimum absolute atomic E-state index is 0.0201. The van der Waals surface area contributed by atoms with Gasteiger partial charge in [0.25, 0.3) is 0 Å². The largest absolute Gasteiger partial charge is 0.490 e. The van der Waals surface area contributed by atoms with Crippen molar-refractivity contribution in [2.24, 2.45) is 11.8 Å². The van der Waals surface area contributed by atoms with Crippen LogP contribution in [0.4, 0.5) is 5.69 Å². The van der Waals surface area contributed by atoms with Crippen LogP contribution in [0.3, 0.4) is 0 Å². The van der Waals surface area contributed by atoms with Crippen LogP contribution in [0.2, 0.25) is 0 Å². The molecule has 2 unspecified atom stereocenters. The number of ketones is 1. The fourth-order valence-electron chi connectivity index (χ4n) is 3.08. The molecule has 1 aromatic rings. The predicted octanol–water partition coefficient (Wildman–Crippen LogP) is 3.67. The monoisotopic (exact) mass is 261 g/mol. The first-order valence-electron chi connectivity index (χ1n) is 7.02. The highest BCUT2D eigenvalue weighted by molar-refractivity contribution is 5.99. The molecule has 1 aromatic carbocycles. The number of Topliss-reactive ketones (excluding diaryl/α,β-unsaturated/α-hetero) is 1. The van der Waals surface area contributed by atoms with Gasteiger partial charge in [0.05, 0.1) is 6.10 Å². The molecule has 1 aliphatic rings. The molecular formula is C16H23NO2. The molecule has 2 rings (SSSR count). The first-order valence-corrected chi connectivity index (χ1v) is 7.02. The van der Waals surface area contributed by atoms with E-state index in [-0.39, 0.29) is 11.9 Å². The number of hydrogen-bond acceptors (Lipinski definition) is 3. The summed E-state index contributed by atoms with van der Waals surface area (Å²) in [4.78, 5) is 11.5. The Morgan fingerprint density at radius 3 is 2.42 bits per heavy atom. The van der Waals surface area contributed by atoms with Gasteiger partial charge in [-0.2, -0.15) is 0 Å². The van der Waals surface area contributed by atoms with E-state index in [2.05, 4.69) is 13.8 Å². The number of rotatable bonds is 3. The molecule has 0 bridgehead atoms. The third kappa shape index (κ3) is 3.49. The fraction of sp³-hybridized carbons (Fsp3) is 0.562. The number of nitrogen functional groups attached to an aromatic ring is 1. The fourth-order valence-corrected chi connectivity index (χ4v) is 3.08. The van der Waals surface area contributed by atoms with Crippen LogP contribution in [0.25, 0.3) is 0 Å². The van der Waals surface area contributed by atoms with Crippen molar-refractivity contribution in [1.82, 2.24) is 0 Å². The first kappa shape index (κ1) is 13.9. The molecule has 1 fully saturated rings. The predicted molar refractivity (Wildman–Crippen MR) is 77.5 cm³/mol. The van der Waals surface area contributed by atoms with Gasteiger partial charge in [-0.1, -0.05) is 13.8 Å². The standard InChI is InChI=1S/C16H23NO2/c1-10-6-11(2)8-14(7-10)19-13-4-5-16(17)15(9-13)12(3)18/h4-5,9-11,14H,6-8,17H2,1-3H3. The topological polar surface area (TPSA) is 52.3 Å². The maximum atomic E-state index is 11.5. The Balaban J connectivity index is 2.10. The molecular weight excluding hydrogens is 238 g/mol. The van der Waals surface area contributed by atoms with Crippen molar-refractivity contribution in [2.45, 2.75) is 46.1 Å². The van der Waals surface area contributed by atoms with Crippen LogP contribution in [0.5, 0.6) is 5.75 Å². The van der Waals surface area contributed by atoms with Gasteiger partial charge in [0.2, 0.25) is 0 Å². The second-order valence-electron chi connectivity index (χ2n) is 5.96. The summed E-state index contributed by atoms with van der Waals surface area (Å²) in [6.07, 6.45) is 3.70. The number of anilines is 1. The van der Waals surface area contributed by atoms with E-state index in [1.807, 2.05) is 6.07 Å². The van der Waals surface area contributed by atoms with Crippen molar-refractivity contribution in [3.8, 4) is 5.75 Å². The zero-order chi connectivity index (χ0) is 14.0. The highest BCUT2D eigenvalue weighted by Gasteiger charge is 2.25. The molecule has 0 aliphatic heterocycles. The molecule has 0 spiro atoms. The number of carbonyl (C=O) groups is 1. The average Bonchev–Trinajstić information content (AvgIpc) is 2.30. The van der Waals surface area contributed by atoms with E-state index in [0.717, 1.165) is 18.6 Å². The third-order valence-corrected chi connectivity index (χ3v) is 3.84. The minimum atomic E-state index is -0.0201. The van der Waals surface area contributed by atoms with Crippen LogP contribution >= 0.6 is 0 Å². The summed E-state index contributed by atoms with van der Waals surface area (Å²) in [5.74, 6) is 2.14. The van der Waals surface area contributed by atoms with E-state index in [1.54, 1.807) is 12.1 Å². The Kier molecular flexibility index (Phi) is 4.13. The maximum Gasteiger partial charge on any atom is 0.162 e. The summed E-state index contributed by atoms with van der Waals surface area (Å²) < 4.78 is 6.03. The molecule has 1 aliphatic carbocycles. The van der Waals surface area contributed by atoms with Gasteiger partial charge in [-0.25, -0.2) is 0 Å². The summed E-state index contributed by atoms with van der Waals surface area (Å²) in [5.41, 5.74) is 6.86. The van der Waals surface area contributed by atoms with Crippen LogP contribution in [-0.2, 0) is 0 Å². The van der Waals surface area contributed by atoms with Crippen molar-refractivity contribution in [3.63, 3.8) is 0 Å². The zero-order valence-corrected chi connectivity index (χ0v) is 12.0. The van der Waals surface area contributed by atoms with Gasteiger partial charge in [0, 0.05) is 11.3 Å². The quantitative estimate of drug-likeness (QED) is 0.667. The molecule has 0 amide bonds. The SMILES string of the molecule is CC(=O)c1cc(OC2CC(C)CC(C)C2)ccc1N. The molecule has 104 valence electrons. The van der Waals surface area contributed by atoms with E-state index < -0.39 is 0 Å². The molecule has 0 saturated heterocycles. The van der Waals surface area contributed by atoms with E-state index in [9.17, 15) is 4.79 Å². The summed E-state index contributed by atoms with van der Waals surface area (Å²) >= 11 is 0. The normalized spacial score (nSPS) is 27.0. The van der Waals surface area contributed by atoms with E-state index in [4.69, 9.17) is 10.5 Å². The first-order chi connectivity index (χ1) is 8.95. The van der Waals surface area contributed by atoms with Crippen molar-refractivity contribution >= 4 is 11.5 Å². The molecule has 2 atom stereocenters. The van der Waals surface area contributed by atoms with Crippen molar-refractivity contribution in [2.75, 3.05) is 5.73 Å². The average molecular weight is 261 g/mol. The lowest BCUT2D eigenvalue weighted by atomic mass is 9.82. The summed E-state index contributed by atoms with van der Waals surface area (Å²) in [5, 5.41) is 0. The number of nitrogens with two attached hydrogens (primary N) is 1. The van der Waals surface area contributed by atoms with Gasteiger partial charge in [-0.3, -0.25) is 4.79 Å². The zero-order valence-electron chi connectivity index (χ0n) is 12.0. The lowest BCUT2D eigenvalue weighted by molar-refractivity contribution is 0.0986. The Labute approximate surface area is 115 Å². The second-order valence-corrected chi connectivity index (χ2v) is 5.96. The number of benzene rings is 1. The lowest BCUT2D eigenvalue weighted by Gasteiger charge is -2.31. The van der Waals surface area contributed by atoms with Crippen LogP contribution in [0.1, 0.15) is 50.4 Å². The van der Waals surface area contributed by atoms with Gasteiger partial charge < -0.3 is 10.5 Å². The third-order valence-electron chi connectivity index (χ3n) is 3.84.